The van der Waals surface area contributed by atoms with E-state index < -0.39 is 0 Å². The van der Waals surface area contributed by atoms with Crippen LogP contribution >= 0.6 is 11.3 Å². The Hall–Kier alpha value is -2.24. The first-order chi connectivity index (χ1) is 14.0. The minimum absolute atomic E-state index is 0.0825. The number of aryl methyl sites for hydroxylation is 3. The maximum Gasteiger partial charge on any atom is 0.233 e. The molecule has 1 aliphatic rings. The van der Waals surface area contributed by atoms with Crippen LogP contribution in [0.3, 0.4) is 0 Å². The second-order valence-electron chi connectivity index (χ2n) is 7.86. The predicted molar refractivity (Wildman–Crippen MR) is 120 cm³/mol. The van der Waals surface area contributed by atoms with Crippen LogP contribution in [0, 0.1) is 13.8 Å². The number of hydrogen-bond acceptors (Lipinski definition) is 4. The predicted octanol–water partition coefficient (Wildman–Crippen LogP) is 5.23. The maximum absolute atomic E-state index is 13.3. The van der Waals surface area contributed by atoms with Gasteiger partial charge < -0.3 is 4.74 Å². The molecular formula is C24H28N2O2S. The van der Waals surface area contributed by atoms with E-state index in [1.807, 2.05) is 4.90 Å². The van der Waals surface area contributed by atoms with Gasteiger partial charge in [-0.15, -0.1) is 0 Å². The summed E-state index contributed by atoms with van der Waals surface area (Å²) in [6, 6.07) is 12.6. The molecule has 0 aliphatic carbocycles. The minimum Gasteiger partial charge on any atom is -0.376 e. The van der Waals surface area contributed by atoms with Crippen molar-refractivity contribution < 1.29 is 9.53 Å². The Kier molecular flexibility index (Phi) is 5.97. The zero-order valence-electron chi connectivity index (χ0n) is 17.4. The monoisotopic (exact) mass is 408 g/mol. The zero-order valence-corrected chi connectivity index (χ0v) is 18.2. The zero-order chi connectivity index (χ0) is 20.4. The highest BCUT2D eigenvalue weighted by Gasteiger charge is 2.26. The summed E-state index contributed by atoms with van der Waals surface area (Å²) in [5, 5.41) is 0.781. The van der Waals surface area contributed by atoms with Gasteiger partial charge in [-0.05, 0) is 55.4 Å². The molecule has 2 aromatic carbocycles. The molecule has 1 saturated heterocycles. The lowest BCUT2D eigenvalue weighted by Crippen LogP contribution is -2.38. The van der Waals surface area contributed by atoms with Gasteiger partial charge in [0, 0.05) is 6.61 Å². The molecule has 0 saturated carbocycles. The number of anilines is 1. The number of aromatic nitrogens is 1. The van der Waals surface area contributed by atoms with Gasteiger partial charge in [-0.1, -0.05) is 54.7 Å². The highest BCUT2D eigenvalue weighted by atomic mass is 32.1. The van der Waals surface area contributed by atoms with Crippen molar-refractivity contribution in [2.45, 2.75) is 52.6 Å². The molecule has 1 unspecified atom stereocenters. The highest BCUT2D eigenvalue weighted by Crippen LogP contribution is 2.34. The average Bonchev–Trinajstić information content (AvgIpc) is 3.40. The lowest BCUT2D eigenvalue weighted by Gasteiger charge is -2.23. The molecule has 0 N–H and O–H groups in total. The fourth-order valence-electron chi connectivity index (χ4n) is 3.80. The van der Waals surface area contributed by atoms with Crippen LogP contribution in [0.4, 0.5) is 5.13 Å². The van der Waals surface area contributed by atoms with E-state index in [4.69, 9.17) is 9.72 Å². The van der Waals surface area contributed by atoms with Crippen LogP contribution in [0.5, 0.6) is 0 Å². The lowest BCUT2D eigenvalue weighted by molar-refractivity contribution is -0.118. The Balaban J connectivity index is 1.64. The Morgan fingerprint density at radius 2 is 1.86 bits per heavy atom. The molecular weight excluding hydrogens is 380 g/mol. The summed E-state index contributed by atoms with van der Waals surface area (Å²) in [6.45, 7) is 7.67. The number of ether oxygens (including phenoxy) is 1. The number of benzene rings is 2. The molecule has 4 rings (SSSR count). The maximum atomic E-state index is 13.3. The van der Waals surface area contributed by atoms with Crippen molar-refractivity contribution in [3.8, 4) is 0 Å². The van der Waals surface area contributed by atoms with Crippen LogP contribution < -0.4 is 4.90 Å². The van der Waals surface area contributed by atoms with Crippen molar-refractivity contribution >= 4 is 32.6 Å². The molecule has 1 aliphatic heterocycles. The van der Waals surface area contributed by atoms with Gasteiger partial charge in [0.1, 0.15) is 0 Å². The number of fused-ring (bicyclic) bond motifs is 1. The molecule has 5 heteroatoms. The van der Waals surface area contributed by atoms with Crippen molar-refractivity contribution in [2.75, 3.05) is 18.1 Å². The average molecular weight is 409 g/mol. The Morgan fingerprint density at radius 3 is 2.52 bits per heavy atom. The quantitative estimate of drug-likeness (QED) is 0.561. The fourth-order valence-corrected chi connectivity index (χ4v) is 4.94. The Bertz CT molecular complexity index is 965. The van der Waals surface area contributed by atoms with Crippen LogP contribution in [-0.2, 0) is 22.4 Å². The van der Waals surface area contributed by atoms with Crippen LogP contribution in [0.1, 0.15) is 42.0 Å². The van der Waals surface area contributed by atoms with E-state index in [1.165, 1.54) is 11.1 Å². The SMILES string of the molecule is CCc1ccc(CC(=O)N(CC2CCCO2)c2nc3c(C)ccc(C)c3s2)cc1. The normalized spacial score (nSPS) is 16.4. The van der Waals surface area contributed by atoms with E-state index in [2.05, 4.69) is 57.2 Å². The van der Waals surface area contributed by atoms with E-state index >= 15 is 0 Å². The van der Waals surface area contributed by atoms with Crippen molar-refractivity contribution in [2.24, 2.45) is 0 Å². The number of carbonyl (C=O) groups is 1. The van der Waals surface area contributed by atoms with E-state index in [9.17, 15) is 4.79 Å². The lowest BCUT2D eigenvalue weighted by atomic mass is 10.1. The molecule has 3 aromatic rings. The molecule has 0 radical (unpaired) electrons. The number of nitrogens with zero attached hydrogens (tertiary/aromatic N) is 2. The number of thiazole rings is 1. The van der Waals surface area contributed by atoms with Gasteiger partial charge in [0.2, 0.25) is 5.91 Å². The molecule has 4 nitrogen and oxygen atoms in total. The van der Waals surface area contributed by atoms with Crippen LogP contribution in [0.15, 0.2) is 36.4 Å². The summed E-state index contributed by atoms with van der Waals surface area (Å²) in [6.07, 6.45) is 3.53. The summed E-state index contributed by atoms with van der Waals surface area (Å²) in [5.74, 6) is 0.0825. The van der Waals surface area contributed by atoms with Gasteiger partial charge in [-0.2, -0.15) is 0 Å². The van der Waals surface area contributed by atoms with E-state index in [-0.39, 0.29) is 12.0 Å². The van der Waals surface area contributed by atoms with E-state index in [0.717, 1.165) is 52.3 Å². The number of amides is 1. The van der Waals surface area contributed by atoms with Crippen molar-refractivity contribution in [3.05, 3.63) is 58.7 Å². The largest absolute Gasteiger partial charge is 0.376 e. The number of carbonyl (C=O) groups excluding carboxylic acids is 1. The van der Waals surface area contributed by atoms with Gasteiger partial charge in [0.15, 0.2) is 5.13 Å². The molecule has 1 fully saturated rings. The van der Waals surface area contributed by atoms with Crippen LogP contribution in [0.2, 0.25) is 0 Å². The third-order valence-electron chi connectivity index (χ3n) is 5.66. The summed E-state index contributed by atoms with van der Waals surface area (Å²) in [5.41, 5.74) is 5.68. The van der Waals surface area contributed by atoms with Crippen LogP contribution in [-0.4, -0.2) is 30.1 Å². The summed E-state index contributed by atoms with van der Waals surface area (Å²) >= 11 is 1.61. The third kappa shape index (κ3) is 4.36. The van der Waals surface area contributed by atoms with Crippen molar-refractivity contribution in [1.29, 1.82) is 0 Å². The molecule has 2 heterocycles. The standard InChI is InChI=1S/C24H28N2O2S/c1-4-18-9-11-19(12-10-18)14-21(27)26(15-20-6-5-13-28-20)24-25-22-16(2)7-8-17(3)23(22)29-24/h7-12,20H,4-6,13-15H2,1-3H3. The first-order valence-electron chi connectivity index (χ1n) is 10.4. The van der Waals surface area contributed by atoms with Crippen molar-refractivity contribution in [1.82, 2.24) is 4.98 Å². The molecule has 0 bridgehead atoms. The summed E-state index contributed by atoms with van der Waals surface area (Å²) in [4.78, 5) is 20.1. The van der Waals surface area contributed by atoms with Gasteiger partial charge >= 0.3 is 0 Å². The first kappa shape index (κ1) is 20.0. The van der Waals surface area contributed by atoms with Gasteiger partial charge in [-0.3, -0.25) is 9.69 Å². The van der Waals surface area contributed by atoms with E-state index in [0.29, 0.717) is 13.0 Å². The molecule has 1 aromatic heterocycles. The fraction of sp³-hybridized carbons (Fsp3) is 0.417. The van der Waals surface area contributed by atoms with Gasteiger partial charge in [0.25, 0.3) is 0 Å². The minimum atomic E-state index is 0.0825. The Labute approximate surface area is 176 Å². The molecule has 29 heavy (non-hydrogen) atoms. The highest BCUT2D eigenvalue weighted by molar-refractivity contribution is 7.22. The van der Waals surface area contributed by atoms with Gasteiger partial charge in [0.05, 0.1) is 29.3 Å². The van der Waals surface area contributed by atoms with E-state index in [1.54, 1.807) is 11.3 Å². The number of hydrogen-bond donors (Lipinski definition) is 0. The summed E-state index contributed by atoms with van der Waals surface area (Å²) < 4.78 is 7.00. The smallest absolute Gasteiger partial charge is 0.233 e. The second-order valence-corrected chi connectivity index (χ2v) is 8.84. The molecule has 0 spiro atoms. The third-order valence-corrected chi connectivity index (χ3v) is 6.87. The Morgan fingerprint density at radius 1 is 1.14 bits per heavy atom. The van der Waals surface area contributed by atoms with Gasteiger partial charge in [-0.25, -0.2) is 4.98 Å². The molecule has 152 valence electrons. The first-order valence-corrected chi connectivity index (χ1v) is 11.2. The molecule has 1 amide bonds. The number of rotatable bonds is 6. The van der Waals surface area contributed by atoms with Crippen LogP contribution in [0.25, 0.3) is 10.2 Å². The van der Waals surface area contributed by atoms with Crippen molar-refractivity contribution in [3.63, 3.8) is 0 Å². The molecule has 1 atom stereocenters. The topological polar surface area (TPSA) is 42.4 Å². The second kappa shape index (κ2) is 8.64. The summed E-state index contributed by atoms with van der Waals surface area (Å²) in [7, 11) is 0.